The summed E-state index contributed by atoms with van der Waals surface area (Å²) in [4.78, 5) is 15.0. The fourth-order valence-corrected chi connectivity index (χ4v) is 1.30. The molecule has 0 radical (unpaired) electrons. The molecule has 0 aliphatic rings. The highest BCUT2D eigenvalue weighted by Crippen LogP contribution is 2.23. The van der Waals surface area contributed by atoms with E-state index in [-0.39, 0.29) is 5.41 Å². The van der Waals surface area contributed by atoms with Gasteiger partial charge in [0.05, 0.1) is 0 Å². The van der Waals surface area contributed by atoms with Crippen LogP contribution in [-0.2, 0) is 5.41 Å². The van der Waals surface area contributed by atoms with Crippen molar-refractivity contribution in [2.75, 3.05) is 0 Å². The van der Waals surface area contributed by atoms with Crippen LogP contribution >= 0.6 is 0 Å². The molecule has 2 heteroatoms. The fourth-order valence-electron chi connectivity index (χ4n) is 1.30. The third-order valence-corrected chi connectivity index (χ3v) is 1.98. The maximum atomic E-state index is 10.8. The van der Waals surface area contributed by atoms with Gasteiger partial charge in [0.15, 0.2) is 6.29 Å². The summed E-state index contributed by atoms with van der Waals surface area (Å²) in [5.74, 6) is 0. The third kappa shape index (κ3) is 2.14. The van der Waals surface area contributed by atoms with Crippen molar-refractivity contribution < 1.29 is 4.79 Å². The van der Waals surface area contributed by atoms with Gasteiger partial charge >= 0.3 is 0 Å². The van der Waals surface area contributed by atoms with E-state index in [0.29, 0.717) is 5.69 Å². The first kappa shape index (κ1) is 9.90. The van der Waals surface area contributed by atoms with Crippen LogP contribution in [0, 0.1) is 6.92 Å². The second kappa shape index (κ2) is 3.29. The van der Waals surface area contributed by atoms with Gasteiger partial charge in [0.25, 0.3) is 0 Å². The van der Waals surface area contributed by atoms with Crippen molar-refractivity contribution >= 4 is 6.29 Å². The Balaban J connectivity index is 3.29. The lowest BCUT2D eigenvalue weighted by Crippen LogP contribution is -2.15. The van der Waals surface area contributed by atoms with Gasteiger partial charge in [0.2, 0.25) is 0 Å². The number of carbonyl (C=O) groups excluding carboxylic acids is 1. The van der Waals surface area contributed by atoms with Gasteiger partial charge in [-0.3, -0.25) is 9.78 Å². The summed E-state index contributed by atoms with van der Waals surface area (Å²) in [6.07, 6.45) is 0.827. The van der Waals surface area contributed by atoms with Crippen LogP contribution in [0.1, 0.15) is 42.5 Å². The van der Waals surface area contributed by atoms with Crippen molar-refractivity contribution in [1.29, 1.82) is 0 Å². The minimum Gasteiger partial charge on any atom is -0.296 e. The minimum absolute atomic E-state index is 0.0169. The molecule has 0 saturated heterocycles. The number of hydrogen-bond acceptors (Lipinski definition) is 2. The highest BCUT2D eigenvalue weighted by Gasteiger charge is 2.18. The quantitative estimate of drug-likeness (QED) is 0.617. The zero-order valence-electron chi connectivity index (χ0n) is 8.59. The number of carbonyl (C=O) groups is 1. The SMILES string of the molecule is Cc1ccc(C(C)(C)C)c(C=O)n1. The third-order valence-electron chi connectivity index (χ3n) is 1.98. The lowest BCUT2D eigenvalue weighted by atomic mass is 9.86. The second-order valence-corrected chi connectivity index (χ2v) is 4.25. The van der Waals surface area contributed by atoms with Crippen LogP contribution in [0.2, 0.25) is 0 Å². The number of aromatic nitrogens is 1. The molecule has 0 bridgehead atoms. The Labute approximate surface area is 79.0 Å². The molecule has 0 aliphatic carbocycles. The summed E-state index contributed by atoms with van der Waals surface area (Å²) >= 11 is 0. The molecule has 0 fully saturated rings. The summed E-state index contributed by atoms with van der Waals surface area (Å²) < 4.78 is 0. The number of aldehydes is 1. The summed E-state index contributed by atoms with van der Waals surface area (Å²) in [7, 11) is 0. The number of hydrogen-bond donors (Lipinski definition) is 0. The first-order valence-corrected chi connectivity index (χ1v) is 4.38. The monoisotopic (exact) mass is 177 g/mol. The molecule has 1 heterocycles. The topological polar surface area (TPSA) is 30.0 Å². The Morgan fingerprint density at radius 2 is 1.92 bits per heavy atom. The second-order valence-electron chi connectivity index (χ2n) is 4.25. The molecule has 1 aromatic heterocycles. The standard InChI is InChI=1S/C11H15NO/c1-8-5-6-9(11(2,3)4)10(7-13)12-8/h5-7H,1-4H3. The molecule has 0 aromatic carbocycles. The first-order chi connectivity index (χ1) is 5.95. The maximum absolute atomic E-state index is 10.8. The highest BCUT2D eigenvalue weighted by molar-refractivity contribution is 5.75. The lowest BCUT2D eigenvalue weighted by molar-refractivity contribution is 0.111. The van der Waals surface area contributed by atoms with Gasteiger partial charge in [0.1, 0.15) is 5.69 Å². The normalized spacial score (nSPS) is 11.4. The molecule has 0 unspecified atom stereocenters. The maximum Gasteiger partial charge on any atom is 0.168 e. The number of aryl methyl sites for hydroxylation is 1. The molecule has 0 spiro atoms. The fraction of sp³-hybridized carbons (Fsp3) is 0.455. The minimum atomic E-state index is -0.0169. The predicted octanol–water partition coefficient (Wildman–Crippen LogP) is 2.50. The van der Waals surface area contributed by atoms with Crippen LogP contribution in [0.25, 0.3) is 0 Å². The molecular formula is C11H15NO. The van der Waals surface area contributed by atoms with E-state index < -0.39 is 0 Å². The molecule has 0 saturated carbocycles. The number of pyridine rings is 1. The molecule has 0 N–H and O–H groups in total. The van der Waals surface area contributed by atoms with Gasteiger partial charge in [-0.1, -0.05) is 26.8 Å². The number of nitrogens with zero attached hydrogens (tertiary/aromatic N) is 1. The van der Waals surface area contributed by atoms with Crippen molar-refractivity contribution in [3.8, 4) is 0 Å². The van der Waals surface area contributed by atoms with E-state index in [2.05, 4.69) is 25.8 Å². The van der Waals surface area contributed by atoms with Gasteiger partial charge in [0, 0.05) is 5.69 Å². The van der Waals surface area contributed by atoms with Crippen molar-refractivity contribution in [2.45, 2.75) is 33.1 Å². The number of rotatable bonds is 1. The van der Waals surface area contributed by atoms with E-state index in [1.807, 2.05) is 19.1 Å². The van der Waals surface area contributed by atoms with Crippen LogP contribution in [0.5, 0.6) is 0 Å². The highest BCUT2D eigenvalue weighted by atomic mass is 16.1. The molecule has 70 valence electrons. The first-order valence-electron chi connectivity index (χ1n) is 4.38. The van der Waals surface area contributed by atoms with Gasteiger partial charge in [-0.2, -0.15) is 0 Å². The Morgan fingerprint density at radius 1 is 1.31 bits per heavy atom. The van der Waals surface area contributed by atoms with Crippen LogP contribution in [-0.4, -0.2) is 11.3 Å². The van der Waals surface area contributed by atoms with Crippen LogP contribution < -0.4 is 0 Å². The molecule has 13 heavy (non-hydrogen) atoms. The predicted molar refractivity (Wildman–Crippen MR) is 53.1 cm³/mol. The zero-order valence-corrected chi connectivity index (χ0v) is 8.59. The largest absolute Gasteiger partial charge is 0.296 e. The molecule has 0 amide bonds. The molecule has 2 nitrogen and oxygen atoms in total. The van der Waals surface area contributed by atoms with E-state index in [0.717, 1.165) is 17.5 Å². The van der Waals surface area contributed by atoms with Crippen molar-refractivity contribution in [1.82, 2.24) is 4.98 Å². The van der Waals surface area contributed by atoms with Crippen LogP contribution in [0.15, 0.2) is 12.1 Å². The zero-order chi connectivity index (χ0) is 10.1. The summed E-state index contributed by atoms with van der Waals surface area (Å²) in [5.41, 5.74) is 2.44. The van der Waals surface area contributed by atoms with E-state index >= 15 is 0 Å². The Kier molecular flexibility index (Phi) is 2.50. The molecule has 1 rings (SSSR count). The van der Waals surface area contributed by atoms with Crippen LogP contribution in [0.4, 0.5) is 0 Å². The lowest BCUT2D eigenvalue weighted by Gasteiger charge is -2.20. The van der Waals surface area contributed by atoms with Gasteiger partial charge in [-0.15, -0.1) is 0 Å². The Hall–Kier alpha value is -1.18. The summed E-state index contributed by atoms with van der Waals surface area (Å²) in [6, 6.07) is 3.92. The van der Waals surface area contributed by atoms with Gasteiger partial charge in [-0.05, 0) is 24.0 Å². The molecule has 0 aliphatic heterocycles. The van der Waals surface area contributed by atoms with E-state index in [1.165, 1.54) is 0 Å². The molecular weight excluding hydrogens is 162 g/mol. The van der Waals surface area contributed by atoms with E-state index in [4.69, 9.17) is 0 Å². The smallest absolute Gasteiger partial charge is 0.168 e. The average molecular weight is 177 g/mol. The average Bonchev–Trinajstić information content (AvgIpc) is 2.01. The van der Waals surface area contributed by atoms with Crippen molar-refractivity contribution in [2.24, 2.45) is 0 Å². The molecule has 0 atom stereocenters. The van der Waals surface area contributed by atoms with Gasteiger partial charge in [-0.25, -0.2) is 0 Å². The Bertz CT molecular complexity index is 323. The van der Waals surface area contributed by atoms with Crippen molar-refractivity contribution in [3.05, 3.63) is 29.1 Å². The summed E-state index contributed by atoms with van der Waals surface area (Å²) in [6.45, 7) is 8.12. The van der Waals surface area contributed by atoms with E-state index in [1.54, 1.807) is 0 Å². The van der Waals surface area contributed by atoms with E-state index in [9.17, 15) is 4.79 Å². The van der Waals surface area contributed by atoms with Gasteiger partial charge < -0.3 is 0 Å². The Morgan fingerprint density at radius 3 is 2.38 bits per heavy atom. The van der Waals surface area contributed by atoms with Crippen molar-refractivity contribution in [3.63, 3.8) is 0 Å². The summed E-state index contributed by atoms with van der Waals surface area (Å²) in [5, 5.41) is 0. The van der Waals surface area contributed by atoms with Crippen LogP contribution in [0.3, 0.4) is 0 Å². The molecule has 1 aromatic rings.